The molecule has 4 nitrogen and oxygen atoms in total. The second-order valence-corrected chi connectivity index (χ2v) is 9.03. The molecule has 1 fully saturated rings. The van der Waals surface area contributed by atoms with E-state index in [1.807, 2.05) is 31.0 Å². The molecule has 1 atom stereocenters. The van der Waals surface area contributed by atoms with Crippen molar-refractivity contribution in [1.82, 2.24) is 0 Å². The van der Waals surface area contributed by atoms with Crippen LogP contribution in [0.4, 0.5) is 11.4 Å². The lowest BCUT2D eigenvalue weighted by Gasteiger charge is -2.27. The van der Waals surface area contributed by atoms with Crippen molar-refractivity contribution in [1.29, 1.82) is 0 Å². The number of carbonyl (C=O) groups excluding carboxylic acids is 2. The summed E-state index contributed by atoms with van der Waals surface area (Å²) in [6, 6.07) is 12.5. The van der Waals surface area contributed by atoms with Gasteiger partial charge in [0.15, 0.2) is 0 Å². The van der Waals surface area contributed by atoms with Gasteiger partial charge in [-0.25, -0.2) is 0 Å². The molecule has 3 aliphatic rings. The fourth-order valence-corrected chi connectivity index (χ4v) is 5.14. The third-order valence-corrected chi connectivity index (χ3v) is 7.08. The highest BCUT2D eigenvalue weighted by atomic mass is 16.2. The summed E-state index contributed by atoms with van der Waals surface area (Å²) < 4.78 is 0. The number of fused-ring (bicyclic) bond motifs is 3. The van der Waals surface area contributed by atoms with E-state index >= 15 is 0 Å². The van der Waals surface area contributed by atoms with Crippen molar-refractivity contribution in [2.45, 2.75) is 50.9 Å². The van der Waals surface area contributed by atoms with E-state index in [1.54, 1.807) is 4.90 Å². The van der Waals surface area contributed by atoms with Crippen molar-refractivity contribution in [3.63, 3.8) is 0 Å². The van der Waals surface area contributed by atoms with E-state index < -0.39 is 5.41 Å². The van der Waals surface area contributed by atoms with Crippen LogP contribution in [-0.4, -0.2) is 25.4 Å². The van der Waals surface area contributed by atoms with Crippen molar-refractivity contribution in [3.8, 4) is 0 Å². The Morgan fingerprint density at radius 1 is 0.893 bits per heavy atom. The van der Waals surface area contributed by atoms with Gasteiger partial charge in [0.1, 0.15) is 0 Å². The Morgan fingerprint density at radius 2 is 1.50 bits per heavy atom. The highest BCUT2D eigenvalue weighted by Crippen LogP contribution is 2.57. The van der Waals surface area contributed by atoms with Gasteiger partial charge in [-0.1, -0.05) is 35.4 Å². The van der Waals surface area contributed by atoms with Gasteiger partial charge in [0.05, 0.1) is 10.8 Å². The van der Waals surface area contributed by atoms with Gasteiger partial charge in [0.25, 0.3) is 0 Å². The average Bonchev–Trinajstić information content (AvgIpc) is 3.42. The van der Waals surface area contributed by atoms with Gasteiger partial charge in [-0.15, -0.1) is 0 Å². The zero-order chi connectivity index (χ0) is 19.8. The molecular formula is C24H26N2O2. The lowest BCUT2D eigenvalue weighted by Crippen LogP contribution is -2.41. The fraction of sp³-hybridized carbons (Fsp3) is 0.417. The largest absolute Gasteiger partial charge is 0.314 e. The quantitative estimate of drug-likeness (QED) is 0.815. The van der Waals surface area contributed by atoms with Crippen LogP contribution in [0, 0.1) is 13.8 Å². The van der Waals surface area contributed by atoms with E-state index in [4.69, 9.17) is 0 Å². The smallest absolute Gasteiger partial charge is 0.237 e. The van der Waals surface area contributed by atoms with E-state index in [0.717, 1.165) is 35.3 Å². The Hall–Kier alpha value is -2.62. The molecule has 1 unspecified atom stereocenters. The van der Waals surface area contributed by atoms with E-state index in [9.17, 15) is 9.59 Å². The first kappa shape index (κ1) is 17.5. The van der Waals surface area contributed by atoms with Crippen LogP contribution in [0.1, 0.15) is 48.4 Å². The molecule has 2 amide bonds. The monoisotopic (exact) mass is 374 g/mol. The van der Waals surface area contributed by atoms with Gasteiger partial charge in [0, 0.05) is 25.0 Å². The summed E-state index contributed by atoms with van der Waals surface area (Å²) in [7, 11) is 1.85. The molecule has 0 radical (unpaired) electrons. The molecule has 1 spiro atoms. The summed E-state index contributed by atoms with van der Waals surface area (Å²) >= 11 is 0. The summed E-state index contributed by atoms with van der Waals surface area (Å²) in [4.78, 5) is 30.1. The molecule has 4 heteroatoms. The second-order valence-electron chi connectivity index (χ2n) is 9.03. The number of hydrogen-bond acceptors (Lipinski definition) is 2. The standard InChI is InChI=1S/C24H26N2O2/c1-15-5-7-19-17(13-15)23(3,21(27)25(19)4)11-12-26-20-8-6-16(2)14-18(20)24(9-10-24)22(26)28/h5-8,13-14H,9-12H2,1-4H3. The van der Waals surface area contributed by atoms with Gasteiger partial charge >= 0.3 is 0 Å². The maximum absolute atomic E-state index is 13.2. The normalized spacial score (nSPS) is 24.1. The predicted molar refractivity (Wildman–Crippen MR) is 111 cm³/mol. The summed E-state index contributed by atoms with van der Waals surface area (Å²) in [6.45, 7) is 6.74. The van der Waals surface area contributed by atoms with Crippen LogP contribution in [0.2, 0.25) is 0 Å². The number of rotatable bonds is 3. The third kappa shape index (κ3) is 2.12. The SMILES string of the molecule is Cc1ccc2c(c1)C(C)(CCN1C(=O)C3(CC3)c3cc(C)ccc31)C(=O)N2C. The molecule has 2 aromatic rings. The molecule has 2 aliphatic heterocycles. The zero-order valence-corrected chi connectivity index (χ0v) is 17.0. The summed E-state index contributed by atoms with van der Waals surface area (Å²) in [6.07, 6.45) is 2.52. The maximum Gasteiger partial charge on any atom is 0.237 e. The van der Waals surface area contributed by atoms with Crippen molar-refractivity contribution in [3.05, 3.63) is 58.7 Å². The van der Waals surface area contributed by atoms with Crippen molar-refractivity contribution >= 4 is 23.2 Å². The van der Waals surface area contributed by atoms with Crippen LogP contribution in [-0.2, 0) is 20.4 Å². The Balaban J connectivity index is 1.49. The summed E-state index contributed by atoms with van der Waals surface area (Å²) in [5.74, 6) is 0.338. The molecule has 1 saturated carbocycles. The minimum atomic E-state index is -0.597. The minimum absolute atomic E-state index is 0.116. The van der Waals surface area contributed by atoms with Crippen molar-refractivity contribution < 1.29 is 9.59 Å². The minimum Gasteiger partial charge on any atom is -0.314 e. The molecule has 0 saturated heterocycles. The average molecular weight is 374 g/mol. The molecule has 1 aliphatic carbocycles. The Bertz CT molecular complexity index is 1040. The molecule has 0 N–H and O–H groups in total. The summed E-state index contributed by atoms with van der Waals surface area (Å²) in [5, 5.41) is 0. The number of benzene rings is 2. The van der Waals surface area contributed by atoms with Gasteiger partial charge in [-0.3, -0.25) is 9.59 Å². The van der Waals surface area contributed by atoms with E-state index in [0.29, 0.717) is 13.0 Å². The van der Waals surface area contributed by atoms with Crippen molar-refractivity contribution in [2.24, 2.45) is 0 Å². The topological polar surface area (TPSA) is 40.6 Å². The molecule has 0 aromatic heterocycles. The van der Waals surface area contributed by atoms with Crippen LogP contribution in [0.25, 0.3) is 0 Å². The number of carbonyl (C=O) groups is 2. The third-order valence-electron chi connectivity index (χ3n) is 7.08. The number of amides is 2. The Kier molecular flexibility index (Phi) is 3.41. The highest BCUT2D eigenvalue weighted by Gasteiger charge is 2.59. The van der Waals surface area contributed by atoms with Gasteiger partial charge < -0.3 is 9.80 Å². The van der Waals surface area contributed by atoms with Crippen LogP contribution in [0.5, 0.6) is 0 Å². The lowest BCUT2D eigenvalue weighted by atomic mass is 9.80. The second kappa shape index (κ2) is 5.47. The van der Waals surface area contributed by atoms with Gasteiger partial charge in [0.2, 0.25) is 11.8 Å². The van der Waals surface area contributed by atoms with Crippen LogP contribution in [0.3, 0.4) is 0 Å². The molecule has 144 valence electrons. The molecule has 2 heterocycles. The molecule has 28 heavy (non-hydrogen) atoms. The Labute approximate surface area is 166 Å². The zero-order valence-electron chi connectivity index (χ0n) is 17.0. The number of aryl methyl sites for hydroxylation is 2. The van der Waals surface area contributed by atoms with Gasteiger partial charge in [-0.05, 0) is 63.3 Å². The molecule has 0 bridgehead atoms. The fourth-order valence-electron chi connectivity index (χ4n) is 5.14. The number of nitrogens with zero attached hydrogens (tertiary/aromatic N) is 2. The number of hydrogen-bond donors (Lipinski definition) is 0. The van der Waals surface area contributed by atoms with Gasteiger partial charge in [-0.2, -0.15) is 0 Å². The maximum atomic E-state index is 13.2. The lowest BCUT2D eigenvalue weighted by molar-refractivity contribution is -0.123. The first-order valence-electron chi connectivity index (χ1n) is 10.1. The van der Waals surface area contributed by atoms with Crippen LogP contribution in [0.15, 0.2) is 36.4 Å². The van der Waals surface area contributed by atoms with E-state index in [1.165, 1.54) is 11.1 Å². The first-order chi connectivity index (χ1) is 13.3. The first-order valence-corrected chi connectivity index (χ1v) is 10.1. The van der Waals surface area contributed by atoms with E-state index in [-0.39, 0.29) is 17.2 Å². The van der Waals surface area contributed by atoms with Crippen molar-refractivity contribution in [2.75, 3.05) is 23.4 Å². The van der Waals surface area contributed by atoms with E-state index in [2.05, 4.69) is 38.1 Å². The Morgan fingerprint density at radius 3 is 2.14 bits per heavy atom. The number of anilines is 2. The van der Waals surface area contributed by atoms with Crippen LogP contribution < -0.4 is 9.80 Å². The molecule has 2 aromatic carbocycles. The summed E-state index contributed by atoms with van der Waals surface area (Å²) in [5.41, 5.74) is 5.77. The molecular weight excluding hydrogens is 348 g/mol. The molecule has 5 rings (SSSR count). The number of likely N-dealkylation sites (N-methyl/N-ethyl adjacent to an activating group) is 1. The van der Waals surface area contributed by atoms with Crippen LogP contribution >= 0.6 is 0 Å². The highest BCUT2D eigenvalue weighted by molar-refractivity contribution is 6.11. The predicted octanol–water partition coefficient (Wildman–Crippen LogP) is 4.01.